The lowest BCUT2D eigenvalue weighted by atomic mass is 10.2. The predicted molar refractivity (Wildman–Crippen MR) is 76.9 cm³/mol. The summed E-state index contributed by atoms with van der Waals surface area (Å²) in [6.45, 7) is 0. The van der Waals surface area contributed by atoms with Crippen LogP contribution in [0, 0.1) is 5.82 Å². The third-order valence-corrected chi connectivity index (χ3v) is 2.67. The van der Waals surface area contributed by atoms with Gasteiger partial charge in [0.25, 0.3) is 0 Å². The van der Waals surface area contributed by atoms with Gasteiger partial charge in [0.1, 0.15) is 5.82 Å². The lowest BCUT2D eigenvalue weighted by Gasteiger charge is -2.11. The molecule has 0 saturated heterocycles. The fourth-order valence-corrected chi connectivity index (χ4v) is 1.69. The van der Waals surface area contributed by atoms with Gasteiger partial charge >= 0.3 is 12.0 Å². The van der Waals surface area contributed by atoms with Crippen molar-refractivity contribution in [3.8, 4) is 0 Å². The maximum atomic E-state index is 13.2. The molecule has 0 aliphatic rings. The molecule has 0 saturated carbocycles. The van der Waals surface area contributed by atoms with E-state index in [-0.39, 0.29) is 11.3 Å². The first-order chi connectivity index (χ1) is 9.97. The Bertz CT molecular complexity index is 704. The number of amides is 2. The molecule has 2 amide bonds. The minimum absolute atomic E-state index is 0.144. The number of hydrogen-bond acceptors (Lipinski definition) is 3. The van der Waals surface area contributed by atoms with E-state index in [9.17, 15) is 14.0 Å². The highest BCUT2D eigenvalue weighted by molar-refractivity contribution is 6.05. The summed E-state index contributed by atoms with van der Waals surface area (Å²) in [7, 11) is 0. The summed E-state index contributed by atoms with van der Waals surface area (Å²) in [5, 5.41) is 13.7. The van der Waals surface area contributed by atoms with Crippen molar-refractivity contribution in [3.63, 3.8) is 0 Å². The summed E-state index contributed by atoms with van der Waals surface area (Å²) in [5.41, 5.74) is 6.03. The van der Waals surface area contributed by atoms with Crippen molar-refractivity contribution in [1.82, 2.24) is 0 Å². The smallest absolute Gasteiger partial charge is 0.337 e. The summed E-state index contributed by atoms with van der Waals surface area (Å²) in [4.78, 5) is 22.8. The maximum absolute atomic E-state index is 13.2. The number of rotatable bonds is 3. The topological polar surface area (TPSA) is 104 Å². The van der Waals surface area contributed by atoms with Crippen LogP contribution in [0.2, 0.25) is 0 Å². The van der Waals surface area contributed by atoms with Crippen molar-refractivity contribution >= 4 is 29.1 Å². The minimum atomic E-state index is -1.27. The quantitative estimate of drug-likeness (QED) is 0.652. The fourth-order valence-electron chi connectivity index (χ4n) is 1.69. The predicted octanol–water partition coefficient (Wildman–Crippen LogP) is 2.75. The molecule has 0 unspecified atom stereocenters. The lowest BCUT2D eigenvalue weighted by molar-refractivity contribution is 0.0698. The number of carboxylic acids is 1. The van der Waals surface area contributed by atoms with Crippen molar-refractivity contribution < 1.29 is 19.1 Å². The summed E-state index contributed by atoms with van der Waals surface area (Å²) in [6.07, 6.45) is 0. The molecule has 2 aromatic rings. The van der Waals surface area contributed by atoms with Crippen LogP contribution in [0.5, 0.6) is 0 Å². The van der Waals surface area contributed by atoms with Crippen LogP contribution in [0.25, 0.3) is 0 Å². The lowest BCUT2D eigenvalue weighted by Crippen LogP contribution is -2.21. The molecule has 0 aliphatic carbocycles. The molecule has 2 rings (SSSR count). The molecule has 2 aromatic carbocycles. The van der Waals surface area contributed by atoms with E-state index < -0.39 is 17.8 Å². The number of halogens is 1. The molecule has 0 fully saturated rings. The van der Waals surface area contributed by atoms with Gasteiger partial charge in [-0.2, -0.15) is 0 Å². The first-order valence-corrected chi connectivity index (χ1v) is 5.92. The zero-order valence-electron chi connectivity index (χ0n) is 10.8. The molecule has 0 spiro atoms. The van der Waals surface area contributed by atoms with Gasteiger partial charge in [0.15, 0.2) is 0 Å². The van der Waals surface area contributed by atoms with Gasteiger partial charge in [-0.05, 0) is 30.3 Å². The Morgan fingerprint density at radius 2 is 1.71 bits per heavy atom. The van der Waals surface area contributed by atoms with E-state index in [2.05, 4.69) is 10.6 Å². The van der Waals surface area contributed by atoms with E-state index in [4.69, 9.17) is 10.8 Å². The van der Waals surface area contributed by atoms with Crippen molar-refractivity contribution in [2.75, 3.05) is 16.4 Å². The molecule has 5 N–H and O–H groups in total. The zero-order valence-corrected chi connectivity index (χ0v) is 10.8. The zero-order chi connectivity index (χ0) is 15.4. The minimum Gasteiger partial charge on any atom is -0.478 e. The Kier molecular flexibility index (Phi) is 4.03. The largest absolute Gasteiger partial charge is 0.478 e. The van der Waals surface area contributed by atoms with Crippen molar-refractivity contribution in [2.24, 2.45) is 0 Å². The molecule has 0 aliphatic heterocycles. The number of urea groups is 1. The molecule has 6 nitrogen and oxygen atoms in total. The number of para-hydroxylation sites is 2. The number of aromatic carboxylic acids is 1. The van der Waals surface area contributed by atoms with Gasteiger partial charge in [-0.3, -0.25) is 0 Å². The molecule has 108 valence electrons. The average molecular weight is 289 g/mol. The third kappa shape index (κ3) is 3.47. The van der Waals surface area contributed by atoms with Gasteiger partial charge < -0.3 is 21.5 Å². The standard InChI is InChI=1S/C14H12FN3O3/c15-8-5-6-9(13(19)20)12(7-8)18-14(21)17-11-4-2-1-3-10(11)16/h1-7H,16H2,(H,19,20)(H2,17,18,21). The highest BCUT2D eigenvalue weighted by Crippen LogP contribution is 2.20. The summed E-state index contributed by atoms with van der Waals surface area (Å²) in [6, 6.07) is 8.84. The van der Waals surface area contributed by atoms with E-state index in [0.717, 1.165) is 18.2 Å². The monoisotopic (exact) mass is 289 g/mol. The van der Waals surface area contributed by atoms with E-state index in [0.29, 0.717) is 11.4 Å². The Hall–Kier alpha value is -3.09. The number of nitrogens with two attached hydrogens (primary N) is 1. The molecule has 0 aromatic heterocycles. The molecule has 21 heavy (non-hydrogen) atoms. The van der Waals surface area contributed by atoms with Crippen molar-refractivity contribution in [2.45, 2.75) is 0 Å². The van der Waals surface area contributed by atoms with Crippen LogP contribution in [0.4, 0.5) is 26.2 Å². The van der Waals surface area contributed by atoms with E-state index in [1.54, 1.807) is 24.3 Å². The molecule has 0 heterocycles. The second-order valence-corrected chi connectivity index (χ2v) is 4.16. The van der Waals surface area contributed by atoms with Gasteiger partial charge in [0.2, 0.25) is 0 Å². The van der Waals surface area contributed by atoms with Crippen LogP contribution in [-0.4, -0.2) is 17.1 Å². The molecular formula is C14H12FN3O3. The van der Waals surface area contributed by atoms with Crippen LogP contribution >= 0.6 is 0 Å². The van der Waals surface area contributed by atoms with Gasteiger partial charge in [0.05, 0.1) is 22.6 Å². The van der Waals surface area contributed by atoms with E-state index in [1.807, 2.05) is 0 Å². The number of carbonyl (C=O) groups excluding carboxylic acids is 1. The van der Waals surface area contributed by atoms with Crippen LogP contribution in [0.1, 0.15) is 10.4 Å². The average Bonchev–Trinajstić information content (AvgIpc) is 2.41. The molecule has 0 bridgehead atoms. The highest BCUT2D eigenvalue weighted by atomic mass is 19.1. The van der Waals surface area contributed by atoms with Gasteiger partial charge in [-0.25, -0.2) is 14.0 Å². The molecular weight excluding hydrogens is 277 g/mol. The van der Waals surface area contributed by atoms with E-state index in [1.165, 1.54) is 0 Å². The first-order valence-electron chi connectivity index (χ1n) is 5.92. The van der Waals surface area contributed by atoms with E-state index >= 15 is 0 Å². The highest BCUT2D eigenvalue weighted by Gasteiger charge is 2.14. The fraction of sp³-hybridized carbons (Fsp3) is 0. The normalized spacial score (nSPS) is 9.95. The summed E-state index contributed by atoms with van der Waals surface area (Å²) in [5.74, 6) is -1.93. The summed E-state index contributed by atoms with van der Waals surface area (Å²) < 4.78 is 13.2. The van der Waals surface area contributed by atoms with Crippen molar-refractivity contribution in [3.05, 3.63) is 53.8 Å². The SMILES string of the molecule is Nc1ccccc1NC(=O)Nc1cc(F)ccc1C(=O)O. The van der Waals surface area contributed by atoms with Crippen LogP contribution in [-0.2, 0) is 0 Å². The Morgan fingerprint density at radius 1 is 1.05 bits per heavy atom. The number of carboxylic acid groups (broad SMARTS) is 1. The number of nitrogen functional groups attached to an aromatic ring is 1. The molecule has 0 radical (unpaired) electrons. The maximum Gasteiger partial charge on any atom is 0.337 e. The third-order valence-electron chi connectivity index (χ3n) is 2.67. The Balaban J connectivity index is 2.18. The number of carbonyl (C=O) groups is 2. The second kappa shape index (κ2) is 5.91. The van der Waals surface area contributed by atoms with Crippen molar-refractivity contribution in [1.29, 1.82) is 0 Å². The van der Waals surface area contributed by atoms with Gasteiger partial charge in [-0.15, -0.1) is 0 Å². The molecule has 7 heteroatoms. The number of anilines is 3. The Morgan fingerprint density at radius 3 is 2.38 bits per heavy atom. The number of nitrogens with one attached hydrogen (secondary N) is 2. The Labute approximate surface area is 119 Å². The van der Waals surface area contributed by atoms with Crippen LogP contribution in [0.3, 0.4) is 0 Å². The number of benzene rings is 2. The van der Waals surface area contributed by atoms with Gasteiger partial charge in [0, 0.05) is 0 Å². The first kappa shape index (κ1) is 14.3. The van der Waals surface area contributed by atoms with Gasteiger partial charge in [-0.1, -0.05) is 12.1 Å². The number of hydrogen-bond donors (Lipinski definition) is 4. The second-order valence-electron chi connectivity index (χ2n) is 4.16. The molecule has 0 atom stereocenters. The van der Waals surface area contributed by atoms with Crippen LogP contribution < -0.4 is 16.4 Å². The van der Waals surface area contributed by atoms with Crippen LogP contribution in [0.15, 0.2) is 42.5 Å². The summed E-state index contributed by atoms with van der Waals surface area (Å²) >= 11 is 0.